The Morgan fingerprint density at radius 1 is 1.10 bits per heavy atom. The van der Waals surface area contributed by atoms with Crippen molar-refractivity contribution in [2.24, 2.45) is 16.6 Å². The molecule has 29 heavy (non-hydrogen) atoms. The predicted octanol–water partition coefficient (Wildman–Crippen LogP) is 1.49. The highest BCUT2D eigenvalue weighted by Gasteiger charge is 2.39. The van der Waals surface area contributed by atoms with E-state index in [0.717, 1.165) is 58.1 Å². The Labute approximate surface area is 177 Å². The number of guanidine groups is 1. The summed E-state index contributed by atoms with van der Waals surface area (Å²) in [7, 11) is 2.24. The number of nitrogens with zero attached hydrogens (tertiary/aromatic N) is 4. The molecule has 0 spiro atoms. The number of nitrogens with two attached hydrogens (primary N) is 1. The van der Waals surface area contributed by atoms with E-state index in [1.807, 2.05) is 0 Å². The second-order valence-electron chi connectivity index (χ2n) is 9.37. The molecule has 1 unspecified atom stereocenters. The summed E-state index contributed by atoms with van der Waals surface area (Å²) in [6.45, 7) is 10.5. The minimum Gasteiger partial charge on any atom is -0.370 e. The number of carbonyl (C=O) groups excluding carboxylic acids is 1. The Bertz CT molecular complexity index is 552. The number of aliphatic imine (C=N–C) groups is 1. The normalized spacial score (nSPS) is 27.0. The van der Waals surface area contributed by atoms with Crippen LogP contribution < -0.4 is 11.1 Å². The van der Waals surface area contributed by atoms with Crippen molar-refractivity contribution in [3.63, 3.8) is 0 Å². The van der Waals surface area contributed by atoms with Gasteiger partial charge in [-0.25, -0.2) is 0 Å². The predicted molar refractivity (Wildman–Crippen MR) is 119 cm³/mol. The zero-order valence-electron chi connectivity index (χ0n) is 18.7. The van der Waals surface area contributed by atoms with Gasteiger partial charge < -0.3 is 20.9 Å². The smallest absolute Gasteiger partial charge is 0.217 e. The Balaban J connectivity index is 1.72. The van der Waals surface area contributed by atoms with Crippen molar-refractivity contribution < 1.29 is 4.79 Å². The maximum absolute atomic E-state index is 11.4. The van der Waals surface area contributed by atoms with Crippen LogP contribution in [0.4, 0.5) is 0 Å². The molecule has 0 bridgehead atoms. The van der Waals surface area contributed by atoms with Crippen molar-refractivity contribution in [1.29, 1.82) is 0 Å². The first-order valence-corrected chi connectivity index (χ1v) is 11.8. The molecule has 7 heteroatoms. The zero-order valence-corrected chi connectivity index (χ0v) is 18.7. The van der Waals surface area contributed by atoms with Crippen molar-refractivity contribution in [2.45, 2.75) is 63.8 Å². The molecule has 0 aliphatic carbocycles. The number of primary amides is 1. The average molecular weight is 407 g/mol. The minimum absolute atomic E-state index is 0.186. The van der Waals surface area contributed by atoms with Gasteiger partial charge in [0.2, 0.25) is 5.91 Å². The van der Waals surface area contributed by atoms with E-state index in [1.54, 1.807) is 0 Å². The molecule has 0 aromatic rings. The lowest BCUT2D eigenvalue weighted by Gasteiger charge is -2.49. The average Bonchev–Trinajstić information content (AvgIpc) is 2.73. The van der Waals surface area contributed by atoms with Crippen molar-refractivity contribution in [1.82, 2.24) is 20.0 Å². The van der Waals surface area contributed by atoms with Gasteiger partial charge in [0.15, 0.2) is 5.96 Å². The summed E-state index contributed by atoms with van der Waals surface area (Å²) in [5.41, 5.74) is 5.66. The number of rotatable bonds is 6. The van der Waals surface area contributed by atoms with Crippen LogP contribution in [0.15, 0.2) is 4.99 Å². The van der Waals surface area contributed by atoms with Gasteiger partial charge in [0, 0.05) is 31.6 Å². The monoisotopic (exact) mass is 406 g/mol. The van der Waals surface area contributed by atoms with Crippen LogP contribution >= 0.6 is 0 Å². The molecule has 0 saturated carbocycles. The minimum atomic E-state index is -0.186. The summed E-state index contributed by atoms with van der Waals surface area (Å²) in [5, 5.41) is 3.53. The molecule has 3 aliphatic heterocycles. The lowest BCUT2D eigenvalue weighted by atomic mass is 9.84. The number of likely N-dealkylation sites (tertiary alicyclic amines) is 3. The fourth-order valence-electron chi connectivity index (χ4n) is 5.33. The van der Waals surface area contributed by atoms with E-state index in [0.29, 0.717) is 12.3 Å². The molecule has 3 rings (SSSR count). The third-order valence-corrected chi connectivity index (χ3v) is 7.11. The molecule has 0 aromatic carbocycles. The second-order valence-corrected chi connectivity index (χ2v) is 9.37. The SMILES string of the molecule is CCNC(=NCC1(N2CCCCC2)CCN(C)CC1)N1CCCC(CC(N)=O)C1. The van der Waals surface area contributed by atoms with E-state index in [1.165, 1.54) is 45.2 Å². The molecule has 3 N–H and O–H groups in total. The molecule has 3 fully saturated rings. The number of carbonyl (C=O) groups is 1. The summed E-state index contributed by atoms with van der Waals surface area (Å²) in [4.78, 5) is 24.2. The summed E-state index contributed by atoms with van der Waals surface area (Å²) in [6, 6.07) is 0. The third kappa shape index (κ3) is 6.07. The van der Waals surface area contributed by atoms with Gasteiger partial charge in [-0.1, -0.05) is 6.42 Å². The van der Waals surface area contributed by atoms with Crippen molar-refractivity contribution >= 4 is 11.9 Å². The zero-order chi connectivity index (χ0) is 20.7. The molecule has 1 amide bonds. The van der Waals surface area contributed by atoms with Crippen LogP contribution in [-0.2, 0) is 4.79 Å². The maximum Gasteiger partial charge on any atom is 0.217 e. The van der Waals surface area contributed by atoms with Crippen LogP contribution in [-0.4, -0.2) is 91.5 Å². The van der Waals surface area contributed by atoms with Crippen LogP contribution in [0.5, 0.6) is 0 Å². The van der Waals surface area contributed by atoms with Crippen LogP contribution in [0.1, 0.15) is 58.3 Å². The Hall–Kier alpha value is -1.34. The number of hydrogen-bond donors (Lipinski definition) is 2. The van der Waals surface area contributed by atoms with Gasteiger partial charge in [0.25, 0.3) is 0 Å². The molecular formula is C22H42N6O. The maximum atomic E-state index is 11.4. The van der Waals surface area contributed by atoms with Gasteiger partial charge in [-0.15, -0.1) is 0 Å². The van der Waals surface area contributed by atoms with Gasteiger partial charge in [-0.3, -0.25) is 14.7 Å². The van der Waals surface area contributed by atoms with E-state index in [9.17, 15) is 4.79 Å². The Kier molecular flexibility index (Phi) is 8.18. The molecule has 1 atom stereocenters. The molecule has 0 radical (unpaired) electrons. The van der Waals surface area contributed by atoms with Gasteiger partial charge in [-0.2, -0.15) is 0 Å². The highest BCUT2D eigenvalue weighted by atomic mass is 16.1. The summed E-state index contributed by atoms with van der Waals surface area (Å²) in [5.74, 6) is 1.19. The molecule has 3 heterocycles. The fraction of sp³-hybridized carbons (Fsp3) is 0.909. The van der Waals surface area contributed by atoms with Gasteiger partial charge in [-0.05, 0) is 84.6 Å². The molecule has 0 aromatic heterocycles. The first-order chi connectivity index (χ1) is 14.0. The molecule has 3 saturated heterocycles. The Morgan fingerprint density at radius 2 is 1.83 bits per heavy atom. The first kappa shape index (κ1) is 22.3. The van der Waals surface area contributed by atoms with Crippen LogP contribution in [0.2, 0.25) is 0 Å². The lowest BCUT2D eigenvalue weighted by Crippen LogP contribution is -2.58. The fourth-order valence-corrected chi connectivity index (χ4v) is 5.33. The molecular weight excluding hydrogens is 364 g/mol. The van der Waals surface area contributed by atoms with Gasteiger partial charge in [0.05, 0.1) is 6.54 Å². The van der Waals surface area contributed by atoms with E-state index >= 15 is 0 Å². The lowest BCUT2D eigenvalue weighted by molar-refractivity contribution is -0.119. The molecule has 166 valence electrons. The van der Waals surface area contributed by atoms with Crippen LogP contribution in [0, 0.1) is 5.92 Å². The second kappa shape index (κ2) is 10.6. The van der Waals surface area contributed by atoms with E-state index < -0.39 is 0 Å². The summed E-state index contributed by atoms with van der Waals surface area (Å²) >= 11 is 0. The standard InChI is InChI=1S/C22H42N6O/c1-3-24-21(27-11-7-8-19(17-27)16-20(23)29)25-18-22(9-14-26(2)15-10-22)28-12-5-4-6-13-28/h19H,3-18H2,1-2H3,(H2,23,29)(H,24,25). The number of piperidine rings is 3. The first-order valence-electron chi connectivity index (χ1n) is 11.8. The van der Waals surface area contributed by atoms with E-state index in [4.69, 9.17) is 10.7 Å². The number of nitrogens with one attached hydrogen (secondary N) is 1. The van der Waals surface area contributed by atoms with E-state index in [-0.39, 0.29) is 11.4 Å². The van der Waals surface area contributed by atoms with Gasteiger partial charge >= 0.3 is 0 Å². The quantitative estimate of drug-likeness (QED) is 0.516. The molecule has 3 aliphatic rings. The van der Waals surface area contributed by atoms with Crippen molar-refractivity contribution in [2.75, 3.05) is 59.4 Å². The highest BCUT2D eigenvalue weighted by molar-refractivity contribution is 5.80. The van der Waals surface area contributed by atoms with Crippen LogP contribution in [0.25, 0.3) is 0 Å². The Morgan fingerprint density at radius 3 is 2.48 bits per heavy atom. The molecule has 7 nitrogen and oxygen atoms in total. The van der Waals surface area contributed by atoms with Crippen molar-refractivity contribution in [3.8, 4) is 0 Å². The summed E-state index contributed by atoms with van der Waals surface area (Å²) in [6.07, 6.45) is 9.10. The summed E-state index contributed by atoms with van der Waals surface area (Å²) < 4.78 is 0. The topological polar surface area (TPSA) is 77.2 Å². The highest BCUT2D eigenvalue weighted by Crippen LogP contribution is 2.32. The van der Waals surface area contributed by atoms with E-state index in [2.05, 4.69) is 34.0 Å². The van der Waals surface area contributed by atoms with Gasteiger partial charge in [0.1, 0.15) is 0 Å². The van der Waals surface area contributed by atoms with Crippen molar-refractivity contribution in [3.05, 3.63) is 0 Å². The van der Waals surface area contributed by atoms with Crippen LogP contribution in [0.3, 0.4) is 0 Å². The number of hydrogen-bond acceptors (Lipinski definition) is 4. The largest absolute Gasteiger partial charge is 0.370 e. The third-order valence-electron chi connectivity index (χ3n) is 7.11. The number of amides is 1.